The Morgan fingerprint density at radius 1 is 1.50 bits per heavy atom. The van der Waals surface area contributed by atoms with Gasteiger partial charge in [0.2, 0.25) is 11.8 Å². The SMILES string of the molecule is CCOc1nc(N)nc2c1NCN2C(C)C. The van der Waals surface area contributed by atoms with Crippen molar-refractivity contribution < 1.29 is 4.74 Å². The summed E-state index contributed by atoms with van der Waals surface area (Å²) in [5, 5.41) is 3.23. The third-order valence-electron chi connectivity index (χ3n) is 2.48. The Kier molecular flexibility index (Phi) is 2.72. The fourth-order valence-corrected chi connectivity index (χ4v) is 1.71. The fourth-order valence-electron chi connectivity index (χ4n) is 1.71. The van der Waals surface area contributed by atoms with Gasteiger partial charge < -0.3 is 20.7 Å². The van der Waals surface area contributed by atoms with Crippen LogP contribution in [0.4, 0.5) is 17.5 Å². The van der Waals surface area contributed by atoms with E-state index in [0.29, 0.717) is 25.2 Å². The molecule has 0 bridgehead atoms. The van der Waals surface area contributed by atoms with Crippen molar-refractivity contribution in [1.29, 1.82) is 0 Å². The van der Waals surface area contributed by atoms with Crippen LogP contribution in [0, 0.1) is 0 Å². The summed E-state index contributed by atoms with van der Waals surface area (Å²) in [6.45, 7) is 7.40. The zero-order chi connectivity index (χ0) is 11.7. The van der Waals surface area contributed by atoms with Crippen LogP contribution in [-0.2, 0) is 0 Å². The van der Waals surface area contributed by atoms with Gasteiger partial charge in [0, 0.05) is 6.04 Å². The van der Waals surface area contributed by atoms with Crippen LogP contribution in [0.15, 0.2) is 0 Å². The molecule has 1 aliphatic heterocycles. The summed E-state index contributed by atoms with van der Waals surface area (Å²) in [5.74, 6) is 1.61. The molecule has 0 aliphatic carbocycles. The van der Waals surface area contributed by atoms with Gasteiger partial charge in [-0.25, -0.2) is 0 Å². The molecular formula is C10H17N5O. The van der Waals surface area contributed by atoms with Crippen LogP contribution in [0.1, 0.15) is 20.8 Å². The molecule has 0 amide bonds. The van der Waals surface area contributed by atoms with Crippen molar-refractivity contribution in [3.63, 3.8) is 0 Å². The van der Waals surface area contributed by atoms with Crippen LogP contribution >= 0.6 is 0 Å². The summed E-state index contributed by atoms with van der Waals surface area (Å²) in [4.78, 5) is 10.5. The number of rotatable bonds is 3. The van der Waals surface area contributed by atoms with Crippen molar-refractivity contribution in [2.24, 2.45) is 0 Å². The van der Waals surface area contributed by atoms with Crippen molar-refractivity contribution in [1.82, 2.24) is 9.97 Å². The minimum absolute atomic E-state index is 0.247. The van der Waals surface area contributed by atoms with E-state index in [9.17, 15) is 0 Å². The van der Waals surface area contributed by atoms with Gasteiger partial charge in [-0.2, -0.15) is 9.97 Å². The normalized spacial score (nSPS) is 13.9. The van der Waals surface area contributed by atoms with Gasteiger partial charge >= 0.3 is 0 Å². The molecule has 0 atom stereocenters. The predicted octanol–water partition coefficient (Wildman–Crippen LogP) is 1.06. The standard InChI is InChI=1S/C10H17N5O/c1-4-16-9-7-8(13-10(11)14-9)15(5-12-7)6(2)3/h6,12H,4-5H2,1-3H3,(H2,11,13,14). The van der Waals surface area contributed by atoms with Gasteiger partial charge in [-0.05, 0) is 20.8 Å². The Labute approximate surface area is 94.8 Å². The summed E-state index contributed by atoms with van der Waals surface area (Å²) in [5.41, 5.74) is 6.51. The van der Waals surface area contributed by atoms with Crippen molar-refractivity contribution in [2.45, 2.75) is 26.8 Å². The maximum atomic E-state index is 5.67. The Balaban J connectivity index is 2.43. The number of nitrogens with zero attached hydrogens (tertiary/aromatic N) is 3. The first-order valence-corrected chi connectivity index (χ1v) is 5.44. The quantitative estimate of drug-likeness (QED) is 0.797. The van der Waals surface area contributed by atoms with E-state index in [4.69, 9.17) is 10.5 Å². The Morgan fingerprint density at radius 2 is 2.25 bits per heavy atom. The van der Waals surface area contributed by atoms with Gasteiger partial charge in [0.1, 0.15) is 5.69 Å². The average Bonchev–Trinajstić information content (AvgIpc) is 2.61. The van der Waals surface area contributed by atoms with Crippen LogP contribution in [0.3, 0.4) is 0 Å². The number of nitrogen functional groups attached to an aromatic ring is 1. The van der Waals surface area contributed by atoms with Gasteiger partial charge in [0.15, 0.2) is 5.82 Å². The maximum absolute atomic E-state index is 5.67. The van der Waals surface area contributed by atoms with Crippen molar-refractivity contribution in [3.8, 4) is 5.88 Å². The number of anilines is 3. The van der Waals surface area contributed by atoms with E-state index in [1.807, 2.05) is 6.92 Å². The molecular weight excluding hydrogens is 206 g/mol. The minimum atomic E-state index is 0.247. The van der Waals surface area contributed by atoms with Gasteiger partial charge in [-0.1, -0.05) is 0 Å². The maximum Gasteiger partial charge on any atom is 0.244 e. The van der Waals surface area contributed by atoms with E-state index in [1.165, 1.54) is 0 Å². The number of aromatic nitrogens is 2. The molecule has 16 heavy (non-hydrogen) atoms. The summed E-state index contributed by atoms with van der Waals surface area (Å²) in [6.07, 6.45) is 0. The molecule has 0 fully saturated rings. The zero-order valence-electron chi connectivity index (χ0n) is 9.82. The molecule has 1 aromatic heterocycles. The molecule has 3 N–H and O–H groups in total. The van der Waals surface area contributed by atoms with E-state index in [-0.39, 0.29) is 5.95 Å². The highest BCUT2D eigenvalue weighted by Crippen LogP contribution is 2.37. The lowest BCUT2D eigenvalue weighted by Crippen LogP contribution is -2.30. The number of hydrogen-bond acceptors (Lipinski definition) is 6. The van der Waals surface area contributed by atoms with Crippen molar-refractivity contribution >= 4 is 17.5 Å². The van der Waals surface area contributed by atoms with E-state index >= 15 is 0 Å². The third kappa shape index (κ3) is 1.70. The molecule has 6 heteroatoms. The molecule has 0 spiro atoms. The van der Waals surface area contributed by atoms with Crippen LogP contribution in [0.25, 0.3) is 0 Å². The first-order chi connectivity index (χ1) is 7.63. The first-order valence-electron chi connectivity index (χ1n) is 5.44. The number of hydrogen-bond donors (Lipinski definition) is 2. The lowest BCUT2D eigenvalue weighted by Gasteiger charge is -2.21. The van der Waals surface area contributed by atoms with Gasteiger partial charge in [0.05, 0.1) is 13.3 Å². The molecule has 0 saturated carbocycles. The summed E-state index contributed by atoms with van der Waals surface area (Å²) >= 11 is 0. The zero-order valence-corrected chi connectivity index (χ0v) is 9.82. The topological polar surface area (TPSA) is 76.3 Å². The molecule has 6 nitrogen and oxygen atoms in total. The van der Waals surface area contributed by atoms with Crippen LogP contribution in [0.5, 0.6) is 5.88 Å². The van der Waals surface area contributed by atoms with E-state index in [2.05, 4.69) is 34.0 Å². The number of nitrogens with one attached hydrogen (secondary N) is 1. The summed E-state index contributed by atoms with van der Waals surface area (Å²) in [6, 6.07) is 0.359. The Morgan fingerprint density at radius 3 is 2.88 bits per heavy atom. The molecule has 2 heterocycles. The van der Waals surface area contributed by atoms with Gasteiger partial charge in [0.25, 0.3) is 0 Å². The predicted molar refractivity (Wildman–Crippen MR) is 63.7 cm³/mol. The third-order valence-corrected chi connectivity index (χ3v) is 2.48. The fraction of sp³-hybridized carbons (Fsp3) is 0.600. The molecule has 1 aliphatic rings. The van der Waals surface area contributed by atoms with Crippen LogP contribution in [-0.4, -0.2) is 29.3 Å². The second-order valence-electron chi connectivity index (χ2n) is 3.92. The molecule has 1 aromatic rings. The summed E-state index contributed by atoms with van der Waals surface area (Å²) < 4.78 is 5.44. The number of nitrogens with two attached hydrogens (primary N) is 1. The Hall–Kier alpha value is -1.72. The number of fused-ring (bicyclic) bond motifs is 1. The summed E-state index contributed by atoms with van der Waals surface area (Å²) in [7, 11) is 0. The molecule has 0 saturated heterocycles. The van der Waals surface area contributed by atoms with Gasteiger partial charge in [-0.15, -0.1) is 0 Å². The first kappa shape index (κ1) is 10.8. The van der Waals surface area contributed by atoms with E-state index in [1.54, 1.807) is 0 Å². The average molecular weight is 223 g/mol. The Bertz CT molecular complexity index is 393. The van der Waals surface area contributed by atoms with Gasteiger partial charge in [-0.3, -0.25) is 0 Å². The lowest BCUT2D eigenvalue weighted by molar-refractivity contribution is 0.329. The number of ether oxygens (including phenoxy) is 1. The highest BCUT2D eigenvalue weighted by Gasteiger charge is 2.27. The van der Waals surface area contributed by atoms with E-state index < -0.39 is 0 Å². The molecule has 88 valence electrons. The second kappa shape index (κ2) is 4.03. The second-order valence-corrected chi connectivity index (χ2v) is 3.92. The highest BCUT2D eigenvalue weighted by molar-refractivity contribution is 5.76. The molecule has 0 aromatic carbocycles. The lowest BCUT2D eigenvalue weighted by atomic mass is 10.3. The van der Waals surface area contributed by atoms with E-state index in [0.717, 1.165) is 11.5 Å². The van der Waals surface area contributed by atoms with Crippen molar-refractivity contribution in [3.05, 3.63) is 0 Å². The van der Waals surface area contributed by atoms with Crippen LogP contribution in [0.2, 0.25) is 0 Å². The molecule has 0 radical (unpaired) electrons. The molecule has 0 unspecified atom stereocenters. The van der Waals surface area contributed by atoms with Crippen molar-refractivity contribution in [2.75, 3.05) is 29.2 Å². The highest BCUT2D eigenvalue weighted by atomic mass is 16.5. The largest absolute Gasteiger partial charge is 0.476 e. The van der Waals surface area contributed by atoms with Crippen LogP contribution < -0.4 is 20.7 Å². The minimum Gasteiger partial charge on any atom is -0.476 e. The molecule has 2 rings (SSSR count). The monoisotopic (exact) mass is 223 g/mol. The smallest absolute Gasteiger partial charge is 0.244 e.